The number of aliphatic hydroxyl groups excluding tert-OH is 2. The number of methoxy groups -OCH3 is 1. The minimum Gasteiger partial charge on any atom is -0.387 e. The molecule has 1 heterocycles. The third-order valence-corrected chi connectivity index (χ3v) is 4.54. The summed E-state index contributed by atoms with van der Waals surface area (Å²) in [5.74, 6) is 0.136. The number of rotatable bonds is 5. The highest BCUT2D eigenvalue weighted by Crippen LogP contribution is 2.43. The lowest BCUT2D eigenvalue weighted by molar-refractivity contribution is -0.145. The van der Waals surface area contributed by atoms with E-state index in [1.54, 1.807) is 7.11 Å². The maximum atomic E-state index is 10.0. The standard InChI is InChI=1S/C16H22O5/c1-19-16(10-5-3-2-4-6-10)20-9-11-7-8-12-13(11)14(17)15(18)21-12/h2-6,11-18H,7-9H2,1H3/t11?,12-,13+,14?,15?,16?/m1/s1. The van der Waals surface area contributed by atoms with E-state index >= 15 is 0 Å². The van der Waals surface area contributed by atoms with Gasteiger partial charge in [-0.05, 0) is 18.8 Å². The normalized spacial score (nSPS) is 36.6. The van der Waals surface area contributed by atoms with E-state index in [4.69, 9.17) is 14.2 Å². The highest BCUT2D eigenvalue weighted by molar-refractivity contribution is 5.15. The first-order valence-electron chi connectivity index (χ1n) is 7.41. The Kier molecular flexibility index (Phi) is 4.57. The zero-order chi connectivity index (χ0) is 14.8. The van der Waals surface area contributed by atoms with Crippen LogP contribution >= 0.6 is 0 Å². The van der Waals surface area contributed by atoms with Crippen LogP contribution in [0.3, 0.4) is 0 Å². The smallest absolute Gasteiger partial charge is 0.183 e. The zero-order valence-electron chi connectivity index (χ0n) is 12.1. The fraction of sp³-hybridized carbons (Fsp3) is 0.625. The van der Waals surface area contributed by atoms with Gasteiger partial charge in [-0.2, -0.15) is 0 Å². The fourth-order valence-electron chi connectivity index (χ4n) is 3.49. The maximum absolute atomic E-state index is 10.0. The van der Waals surface area contributed by atoms with Crippen LogP contribution in [0.4, 0.5) is 0 Å². The second-order valence-corrected chi connectivity index (χ2v) is 5.78. The molecule has 1 saturated heterocycles. The van der Waals surface area contributed by atoms with Crippen molar-refractivity contribution in [2.45, 2.75) is 37.6 Å². The second kappa shape index (κ2) is 6.42. The van der Waals surface area contributed by atoms with Crippen LogP contribution in [0.2, 0.25) is 0 Å². The second-order valence-electron chi connectivity index (χ2n) is 5.78. The fourth-order valence-corrected chi connectivity index (χ4v) is 3.49. The molecule has 5 nitrogen and oxygen atoms in total. The molecule has 6 atom stereocenters. The average Bonchev–Trinajstić information content (AvgIpc) is 3.02. The van der Waals surface area contributed by atoms with Crippen LogP contribution < -0.4 is 0 Å². The van der Waals surface area contributed by atoms with Gasteiger partial charge in [-0.3, -0.25) is 0 Å². The van der Waals surface area contributed by atoms with Crippen molar-refractivity contribution < 1.29 is 24.4 Å². The van der Waals surface area contributed by atoms with Gasteiger partial charge in [-0.25, -0.2) is 0 Å². The van der Waals surface area contributed by atoms with Gasteiger partial charge >= 0.3 is 0 Å². The van der Waals surface area contributed by atoms with Crippen molar-refractivity contribution in [1.29, 1.82) is 0 Å². The first kappa shape index (κ1) is 14.9. The molecule has 2 fully saturated rings. The number of hydrogen-bond acceptors (Lipinski definition) is 5. The van der Waals surface area contributed by atoms with Gasteiger partial charge in [0.15, 0.2) is 12.6 Å². The summed E-state index contributed by atoms with van der Waals surface area (Å²) < 4.78 is 16.6. The molecule has 1 aliphatic carbocycles. The third-order valence-electron chi connectivity index (χ3n) is 4.54. The Morgan fingerprint density at radius 2 is 2.00 bits per heavy atom. The molecule has 0 aromatic heterocycles. The predicted molar refractivity (Wildman–Crippen MR) is 75.2 cm³/mol. The van der Waals surface area contributed by atoms with Gasteiger partial charge in [0.2, 0.25) is 0 Å². The number of hydrogen-bond donors (Lipinski definition) is 2. The molecule has 1 saturated carbocycles. The van der Waals surface area contributed by atoms with E-state index in [1.807, 2.05) is 30.3 Å². The molecule has 4 unspecified atom stereocenters. The molecule has 0 amide bonds. The average molecular weight is 294 g/mol. The summed E-state index contributed by atoms with van der Waals surface area (Å²) in [5.41, 5.74) is 0.970. The molecular weight excluding hydrogens is 272 g/mol. The largest absolute Gasteiger partial charge is 0.387 e. The topological polar surface area (TPSA) is 68.2 Å². The summed E-state index contributed by atoms with van der Waals surface area (Å²) in [6.45, 7) is 0.488. The summed E-state index contributed by atoms with van der Waals surface area (Å²) in [7, 11) is 1.62. The van der Waals surface area contributed by atoms with E-state index < -0.39 is 18.7 Å². The van der Waals surface area contributed by atoms with Crippen molar-refractivity contribution in [2.24, 2.45) is 11.8 Å². The van der Waals surface area contributed by atoms with E-state index in [0.29, 0.717) is 6.61 Å². The monoisotopic (exact) mass is 294 g/mol. The van der Waals surface area contributed by atoms with Crippen molar-refractivity contribution in [3.05, 3.63) is 35.9 Å². The van der Waals surface area contributed by atoms with Crippen molar-refractivity contribution in [3.63, 3.8) is 0 Å². The molecule has 2 aliphatic rings. The van der Waals surface area contributed by atoms with Gasteiger partial charge in [-0.15, -0.1) is 0 Å². The SMILES string of the molecule is COC(OCC1CC[C@H]2OC(O)C(O)[C@@H]12)c1ccccc1. The molecule has 5 heteroatoms. The van der Waals surface area contributed by atoms with Gasteiger partial charge in [0.25, 0.3) is 0 Å². The molecule has 1 aromatic carbocycles. The Bertz CT molecular complexity index is 449. The number of benzene rings is 1. The third kappa shape index (κ3) is 2.98. The minimum atomic E-state index is -1.06. The first-order valence-corrected chi connectivity index (χ1v) is 7.41. The molecule has 0 radical (unpaired) electrons. The summed E-state index contributed by atoms with van der Waals surface area (Å²) >= 11 is 0. The minimum absolute atomic E-state index is 0.0479. The summed E-state index contributed by atoms with van der Waals surface area (Å²) in [6.07, 6.45) is -0.546. The van der Waals surface area contributed by atoms with Crippen LogP contribution in [-0.4, -0.2) is 42.4 Å². The Morgan fingerprint density at radius 3 is 2.71 bits per heavy atom. The van der Waals surface area contributed by atoms with Crippen molar-refractivity contribution in [2.75, 3.05) is 13.7 Å². The lowest BCUT2D eigenvalue weighted by Crippen LogP contribution is -2.32. The van der Waals surface area contributed by atoms with Crippen LogP contribution in [0.25, 0.3) is 0 Å². The lowest BCUT2D eigenvalue weighted by atomic mass is 9.91. The molecule has 0 spiro atoms. The lowest BCUT2D eigenvalue weighted by Gasteiger charge is -2.24. The summed E-state index contributed by atoms with van der Waals surface area (Å²) in [6, 6.07) is 9.76. The van der Waals surface area contributed by atoms with E-state index in [1.165, 1.54) is 0 Å². The quantitative estimate of drug-likeness (QED) is 0.805. The molecule has 1 aliphatic heterocycles. The van der Waals surface area contributed by atoms with E-state index in [9.17, 15) is 10.2 Å². The zero-order valence-corrected chi connectivity index (χ0v) is 12.1. The number of aliphatic hydroxyl groups is 2. The Hall–Kier alpha value is -0.980. The van der Waals surface area contributed by atoms with Crippen molar-refractivity contribution >= 4 is 0 Å². The summed E-state index contributed by atoms with van der Waals surface area (Å²) in [4.78, 5) is 0. The Labute approximate surface area is 124 Å². The molecule has 1 aromatic rings. The van der Waals surface area contributed by atoms with Gasteiger partial charge in [0.1, 0.15) is 6.10 Å². The highest BCUT2D eigenvalue weighted by atomic mass is 16.7. The van der Waals surface area contributed by atoms with Crippen LogP contribution in [0, 0.1) is 11.8 Å². The molecule has 116 valence electrons. The van der Waals surface area contributed by atoms with E-state index in [0.717, 1.165) is 18.4 Å². The first-order chi connectivity index (χ1) is 10.2. The highest BCUT2D eigenvalue weighted by Gasteiger charge is 2.50. The van der Waals surface area contributed by atoms with Gasteiger partial charge in [-0.1, -0.05) is 30.3 Å². The predicted octanol–water partition coefficient (Wildman–Crippen LogP) is 1.45. The van der Waals surface area contributed by atoms with Crippen LogP contribution in [0.5, 0.6) is 0 Å². The van der Waals surface area contributed by atoms with Crippen molar-refractivity contribution in [3.8, 4) is 0 Å². The Morgan fingerprint density at radius 1 is 1.24 bits per heavy atom. The van der Waals surface area contributed by atoms with Crippen LogP contribution in [-0.2, 0) is 14.2 Å². The molecule has 21 heavy (non-hydrogen) atoms. The Balaban J connectivity index is 1.60. The molecule has 3 rings (SSSR count). The maximum Gasteiger partial charge on any atom is 0.183 e. The molecule has 0 bridgehead atoms. The molecule has 2 N–H and O–H groups in total. The van der Waals surface area contributed by atoms with Crippen molar-refractivity contribution in [1.82, 2.24) is 0 Å². The molecular formula is C16H22O5. The van der Waals surface area contributed by atoms with Crippen LogP contribution in [0.1, 0.15) is 24.7 Å². The number of fused-ring (bicyclic) bond motifs is 1. The van der Waals surface area contributed by atoms with Gasteiger partial charge in [0, 0.05) is 18.6 Å². The van der Waals surface area contributed by atoms with E-state index in [2.05, 4.69) is 0 Å². The van der Waals surface area contributed by atoms with E-state index in [-0.39, 0.29) is 17.9 Å². The number of ether oxygens (including phenoxy) is 3. The van der Waals surface area contributed by atoms with Gasteiger partial charge in [0.05, 0.1) is 12.7 Å². The summed E-state index contributed by atoms with van der Waals surface area (Å²) in [5, 5.41) is 19.6. The van der Waals surface area contributed by atoms with Gasteiger partial charge < -0.3 is 24.4 Å². The van der Waals surface area contributed by atoms with Crippen LogP contribution in [0.15, 0.2) is 30.3 Å².